The van der Waals surface area contributed by atoms with Gasteiger partial charge in [0.05, 0.1) is 14.2 Å². The van der Waals surface area contributed by atoms with Crippen LogP contribution in [0.15, 0.2) is 18.2 Å². The molecule has 0 saturated heterocycles. The van der Waals surface area contributed by atoms with E-state index in [2.05, 4.69) is 0 Å². The first-order valence-corrected chi connectivity index (χ1v) is 6.12. The first kappa shape index (κ1) is 14.5. The Morgan fingerprint density at radius 1 is 1.28 bits per heavy atom. The molecule has 100 valence electrons. The van der Waals surface area contributed by atoms with E-state index in [1.807, 2.05) is 6.92 Å². The number of ketones is 1. The fourth-order valence-corrected chi connectivity index (χ4v) is 1.88. The number of ether oxygens (including phenoxy) is 2. The van der Waals surface area contributed by atoms with E-state index in [1.165, 1.54) is 0 Å². The molecule has 0 spiro atoms. The van der Waals surface area contributed by atoms with Crippen molar-refractivity contribution in [3.63, 3.8) is 0 Å². The number of hydrogen-bond donors (Lipinski definition) is 1. The molecule has 0 saturated carbocycles. The van der Waals surface area contributed by atoms with Crippen LogP contribution in [0.5, 0.6) is 11.5 Å². The molecule has 4 nitrogen and oxygen atoms in total. The number of Topliss-reactive ketones (excluding diaryl/α,β-unsaturated/α-hetero) is 1. The molecule has 2 N–H and O–H groups in total. The second kappa shape index (κ2) is 7.01. The highest BCUT2D eigenvalue weighted by atomic mass is 16.5. The van der Waals surface area contributed by atoms with Gasteiger partial charge < -0.3 is 15.2 Å². The maximum atomic E-state index is 12.3. The fraction of sp³-hybridized carbons (Fsp3) is 0.500. The Kier molecular flexibility index (Phi) is 5.65. The summed E-state index contributed by atoms with van der Waals surface area (Å²) in [5, 5.41) is 0. The zero-order valence-corrected chi connectivity index (χ0v) is 11.2. The predicted octanol–water partition coefficient (Wildman–Crippen LogP) is 2.26. The van der Waals surface area contributed by atoms with E-state index in [4.69, 9.17) is 15.2 Å². The quantitative estimate of drug-likeness (QED) is 0.755. The highest BCUT2D eigenvalue weighted by Crippen LogP contribution is 2.30. The molecule has 18 heavy (non-hydrogen) atoms. The van der Waals surface area contributed by atoms with Gasteiger partial charge in [0.2, 0.25) is 0 Å². The molecule has 1 atom stereocenters. The predicted molar refractivity (Wildman–Crippen MR) is 71.3 cm³/mol. The number of methoxy groups -OCH3 is 2. The topological polar surface area (TPSA) is 61.6 Å². The second-order valence-electron chi connectivity index (χ2n) is 4.17. The molecule has 0 aliphatic rings. The third-order valence-corrected chi connectivity index (χ3v) is 3.09. The van der Waals surface area contributed by atoms with Crippen LogP contribution in [0, 0.1) is 5.92 Å². The molecule has 0 aromatic heterocycles. The van der Waals surface area contributed by atoms with Crippen LogP contribution in [0.1, 0.15) is 30.1 Å². The fourth-order valence-electron chi connectivity index (χ4n) is 1.88. The van der Waals surface area contributed by atoms with E-state index in [0.29, 0.717) is 30.0 Å². The molecular formula is C14H21NO3. The minimum atomic E-state index is 0.0154. The molecule has 0 bridgehead atoms. The Hall–Kier alpha value is -1.55. The normalized spacial score (nSPS) is 12.0. The number of carbonyl (C=O) groups excluding carboxylic acids is 1. The van der Waals surface area contributed by atoms with Gasteiger partial charge in [-0.1, -0.05) is 19.4 Å². The third-order valence-electron chi connectivity index (χ3n) is 3.09. The van der Waals surface area contributed by atoms with Gasteiger partial charge in [0, 0.05) is 6.42 Å². The molecule has 1 rings (SSSR count). The Morgan fingerprint density at radius 3 is 2.22 bits per heavy atom. The maximum absolute atomic E-state index is 12.3. The van der Waals surface area contributed by atoms with Crippen LogP contribution in [0.25, 0.3) is 0 Å². The van der Waals surface area contributed by atoms with Gasteiger partial charge in [0.1, 0.15) is 17.1 Å². The van der Waals surface area contributed by atoms with Gasteiger partial charge in [-0.05, 0) is 24.6 Å². The molecule has 4 heteroatoms. The molecule has 0 fully saturated rings. The number of hydrogen-bond acceptors (Lipinski definition) is 4. The van der Waals surface area contributed by atoms with Crippen molar-refractivity contribution in [1.82, 2.24) is 0 Å². The van der Waals surface area contributed by atoms with Crippen molar-refractivity contribution in [2.45, 2.75) is 19.8 Å². The molecule has 0 aliphatic carbocycles. The van der Waals surface area contributed by atoms with E-state index in [0.717, 1.165) is 6.42 Å². The zero-order valence-electron chi connectivity index (χ0n) is 11.2. The van der Waals surface area contributed by atoms with Crippen LogP contribution >= 0.6 is 0 Å². The van der Waals surface area contributed by atoms with Gasteiger partial charge in [-0.25, -0.2) is 0 Å². The van der Waals surface area contributed by atoms with Crippen LogP contribution < -0.4 is 15.2 Å². The number of carbonyl (C=O) groups is 1. The second-order valence-corrected chi connectivity index (χ2v) is 4.17. The van der Waals surface area contributed by atoms with Gasteiger partial charge in [-0.2, -0.15) is 0 Å². The van der Waals surface area contributed by atoms with E-state index >= 15 is 0 Å². The maximum Gasteiger partial charge on any atom is 0.170 e. The number of rotatable bonds is 7. The van der Waals surface area contributed by atoms with Gasteiger partial charge in [0.15, 0.2) is 5.78 Å². The summed E-state index contributed by atoms with van der Waals surface area (Å²) in [6.45, 7) is 2.55. The summed E-state index contributed by atoms with van der Waals surface area (Å²) in [6, 6.07) is 5.33. The first-order chi connectivity index (χ1) is 8.67. The summed E-state index contributed by atoms with van der Waals surface area (Å²) < 4.78 is 10.5. The van der Waals surface area contributed by atoms with Crippen LogP contribution in [0.3, 0.4) is 0 Å². The smallest absolute Gasteiger partial charge is 0.170 e. The summed E-state index contributed by atoms with van der Waals surface area (Å²) in [4.78, 5) is 12.3. The molecule has 1 unspecified atom stereocenters. The number of benzene rings is 1. The van der Waals surface area contributed by atoms with Gasteiger partial charge in [-0.3, -0.25) is 4.79 Å². The number of nitrogens with two attached hydrogens (primary N) is 1. The minimum absolute atomic E-state index is 0.0154. The molecule has 1 aromatic rings. The van der Waals surface area contributed by atoms with Crippen molar-refractivity contribution < 1.29 is 14.3 Å². The summed E-state index contributed by atoms with van der Waals surface area (Å²) >= 11 is 0. The van der Waals surface area contributed by atoms with E-state index in [1.54, 1.807) is 32.4 Å². The Bertz CT molecular complexity index is 378. The molecule has 0 radical (unpaired) electrons. The van der Waals surface area contributed by atoms with Crippen molar-refractivity contribution in [2.75, 3.05) is 20.8 Å². The lowest BCUT2D eigenvalue weighted by atomic mass is 9.95. The Morgan fingerprint density at radius 2 is 1.83 bits per heavy atom. The zero-order chi connectivity index (χ0) is 13.5. The Labute approximate surface area is 108 Å². The lowest BCUT2D eigenvalue weighted by Crippen LogP contribution is -2.18. The van der Waals surface area contributed by atoms with E-state index in [9.17, 15) is 4.79 Å². The van der Waals surface area contributed by atoms with E-state index in [-0.39, 0.29) is 11.7 Å². The van der Waals surface area contributed by atoms with Crippen molar-refractivity contribution in [2.24, 2.45) is 11.7 Å². The van der Waals surface area contributed by atoms with Crippen molar-refractivity contribution in [3.05, 3.63) is 23.8 Å². The minimum Gasteiger partial charge on any atom is -0.496 e. The lowest BCUT2D eigenvalue weighted by Gasteiger charge is -2.15. The molecule has 0 amide bonds. The van der Waals surface area contributed by atoms with Crippen LogP contribution in [0.2, 0.25) is 0 Å². The largest absolute Gasteiger partial charge is 0.496 e. The van der Waals surface area contributed by atoms with Crippen LogP contribution in [0.4, 0.5) is 0 Å². The van der Waals surface area contributed by atoms with Gasteiger partial charge in [-0.15, -0.1) is 0 Å². The summed E-state index contributed by atoms with van der Waals surface area (Å²) in [5.41, 5.74) is 6.14. The van der Waals surface area contributed by atoms with Crippen molar-refractivity contribution in [3.8, 4) is 11.5 Å². The SMILES string of the molecule is CCC(CN)CC(=O)c1c(OC)cccc1OC. The standard InChI is InChI=1S/C14H21NO3/c1-4-10(9-15)8-11(16)14-12(17-2)6-5-7-13(14)18-3/h5-7,10H,4,8-9,15H2,1-3H3. The van der Waals surface area contributed by atoms with Gasteiger partial charge in [0.25, 0.3) is 0 Å². The summed E-state index contributed by atoms with van der Waals surface area (Å²) in [7, 11) is 3.09. The average Bonchev–Trinajstić information content (AvgIpc) is 2.43. The molecule has 0 aliphatic heterocycles. The summed E-state index contributed by atoms with van der Waals surface area (Å²) in [6.07, 6.45) is 1.31. The average molecular weight is 251 g/mol. The highest BCUT2D eigenvalue weighted by molar-refractivity contribution is 6.01. The van der Waals surface area contributed by atoms with Gasteiger partial charge >= 0.3 is 0 Å². The van der Waals surface area contributed by atoms with Crippen LogP contribution in [-0.2, 0) is 0 Å². The molecule has 0 heterocycles. The van der Waals surface area contributed by atoms with Crippen molar-refractivity contribution in [1.29, 1.82) is 0 Å². The monoisotopic (exact) mass is 251 g/mol. The van der Waals surface area contributed by atoms with E-state index < -0.39 is 0 Å². The first-order valence-electron chi connectivity index (χ1n) is 6.12. The molecular weight excluding hydrogens is 230 g/mol. The molecule has 1 aromatic carbocycles. The highest BCUT2D eigenvalue weighted by Gasteiger charge is 2.20. The lowest BCUT2D eigenvalue weighted by molar-refractivity contribution is 0.0955. The Balaban J connectivity index is 3.03. The third kappa shape index (κ3) is 3.23. The van der Waals surface area contributed by atoms with Crippen LogP contribution in [-0.4, -0.2) is 26.5 Å². The summed E-state index contributed by atoms with van der Waals surface area (Å²) in [5.74, 6) is 1.31. The van der Waals surface area contributed by atoms with Crippen molar-refractivity contribution >= 4 is 5.78 Å².